The Morgan fingerprint density at radius 1 is 1.37 bits per heavy atom. The van der Waals surface area contributed by atoms with E-state index in [9.17, 15) is 4.79 Å². The van der Waals surface area contributed by atoms with Crippen LogP contribution in [0.4, 0.5) is 0 Å². The largest absolute Gasteiger partial charge is 0.373 e. The van der Waals surface area contributed by atoms with Crippen molar-refractivity contribution < 1.29 is 9.53 Å². The third-order valence-corrected chi connectivity index (χ3v) is 3.85. The quantitative estimate of drug-likeness (QED) is 0.768. The highest BCUT2D eigenvalue weighted by Gasteiger charge is 2.25. The molecule has 0 amide bonds. The molecule has 2 unspecified atom stereocenters. The van der Waals surface area contributed by atoms with Gasteiger partial charge in [-0.3, -0.25) is 9.48 Å². The van der Waals surface area contributed by atoms with Crippen LogP contribution in [0, 0.1) is 0 Å². The number of aryl methyl sites for hydroxylation is 1. The Morgan fingerprint density at radius 3 is 2.58 bits per heavy atom. The fourth-order valence-electron chi connectivity index (χ4n) is 2.93. The van der Waals surface area contributed by atoms with E-state index < -0.39 is 0 Å². The van der Waals surface area contributed by atoms with E-state index in [1.807, 2.05) is 11.6 Å². The van der Waals surface area contributed by atoms with Crippen molar-refractivity contribution in [2.45, 2.75) is 72.1 Å². The lowest BCUT2D eigenvalue weighted by atomic mass is 10.1. The van der Waals surface area contributed by atoms with Crippen molar-refractivity contribution in [1.82, 2.24) is 9.78 Å². The Hall–Kier alpha value is -1.16. The molecular formula is C15H24N2O2. The summed E-state index contributed by atoms with van der Waals surface area (Å²) in [6, 6.07) is 0. The van der Waals surface area contributed by atoms with Crippen molar-refractivity contribution in [2.75, 3.05) is 0 Å². The topological polar surface area (TPSA) is 44.1 Å². The summed E-state index contributed by atoms with van der Waals surface area (Å²) in [5, 5.41) is 4.63. The van der Waals surface area contributed by atoms with Crippen LogP contribution in [0.15, 0.2) is 0 Å². The summed E-state index contributed by atoms with van der Waals surface area (Å²) in [7, 11) is 0. The fraction of sp³-hybridized carbons (Fsp3) is 0.733. The van der Waals surface area contributed by atoms with Gasteiger partial charge in [0.05, 0.1) is 30.0 Å². The van der Waals surface area contributed by atoms with Crippen molar-refractivity contribution in [1.29, 1.82) is 0 Å². The van der Waals surface area contributed by atoms with Gasteiger partial charge in [-0.25, -0.2) is 0 Å². The Labute approximate surface area is 115 Å². The van der Waals surface area contributed by atoms with E-state index in [0.29, 0.717) is 6.10 Å². The summed E-state index contributed by atoms with van der Waals surface area (Å²) >= 11 is 0. The van der Waals surface area contributed by atoms with Crippen LogP contribution in [0.5, 0.6) is 0 Å². The molecule has 2 rings (SSSR count). The molecule has 2 heterocycles. The van der Waals surface area contributed by atoms with Gasteiger partial charge in [0, 0.05) is 5.69 Å². The molecule has 1 saturated heterocycles. The summed E-state index contributed by atoms with van der Waals surface area (Å²) < 4.78 is 7.86. The molecule has 0 bridgehead atoms. The van der Waals surface area contributed by atoms with Gasteiger partial charge in [0.15, 0.2) is 5.78 Å². The SMILES string of the molecule is CCc1nn(CC2CCC(C)O2)c(CC)c1C(C)=O. The van der Waals surface area contributed by atoms with Gasteiger partial charge in [-0.1, -0.05) is 13.8 Å². The minimum absolute atomic E-state index is 0.126. The van der Waals surface area contributed by atoms with E-state index >= 15 is 0 Å². The number of ether oxygens (including phenoxy) is 1. The summed E-state index contributed by atoms with van der Waals surface area (Å²) in [4.78, 5) is 11.8. The standard InChI is InChI=1S/C15H24N2O2/c1-5-13-15(11(4)18)14(6-2)17(16-13)9-12-8-7-10(3)19-12/h10,12H,5-9H2,1-4H3. The van der Waals surface area contributed by atoms with Crippen LogP contribution >= 0.6 is 0 Å². The first kappa shape index (κ1) is 14.3. The summed E-state index contributed by atoms with van der Waals surface area (Å²) in [5.74, 6) is 0.126. The molecule has 0 radical (unpaired) electrons. The predicted octanol–water partition coefficient (Wildman–Crippen LogP) is 2.78. The first-order chi connectivity index (χ1) is 9.06. The Balaban J connectivity index is 2.27. The second-order valence-electron chi connectivity index (χ2n) is 5.36. The maximum Gasteiger partial charge on any atom is 0.163 e. The van der Waals surface area contributed by atoms with Crippen molar-refractivity contribution in [3.8, 4) is 0 Å². The van der Waals surface area contributed by atoms with Crippen LogP contribution in [0.2, 0.25) is 0 Å². The molecule has 106 valence electrons. The van der Waals surface area contributed by atoms with Crippen molar-refractivity contribution in [3.63, 3.8) is 0 Å². The zero-order chi connectivity index (χ0) is 14.0. The molecule has 1 aliphatic rings. The number of hydrogen-bond donors (Lipinski definition) is 0. The number of carbonyl (C=O) groups is 1. The molecule has 4 heteroatoms. The van der Waals surface area contributed by atoms with Gasteiger partial charge < -0.3 is 4.74 Å². The van der Waals surface area contributed by atoms with Gasteiger partial charge >= 0.3 is 0 Å². The van der Waals surface area contributed by atoms with Gasteiger partial charge in [0.2, 0.25) is 0 Å². The number of rotatable bonds is 5. The van der Waals surface area contributed by atoms with Crippen molar-refractivity contribution in [2.24, 2.45) is 0 Å². The number of aromatic nitrogens is 2. The lowest BCUT2D eigenvalue weighted by Crippen LogP contribution is -2.19. The van der Waals surface area contributed by atoms with Gasteiger partial charge in [-0.05, 0) is 39.5 Å². The first-order valence-electron chi connectivity index (χ1n) is 7.31. The summed E-state index contributed by atoms with van der Waals surface area (Å²) in [6.45, 7) is 8.65. The number of carbonyl (C=O) groups excluding carboxylic acids is 1. The van der Waals surface area contributed by atoms with Crippen LogP contribution in [0.1, 0.15) is 62.3 Å². The first-order valence-corrected chi connectivity index (χ1v) is 7.31. The third kappa shape index (κ3) is 2.89. The highest BCUT2D eigenvalue weighted by Crippen LogP contribution is 2.23. The Bertz CT molecular complexity index is 465. The summed E-state index contributed by atoms with van der Waals surface area (Å²) in [5.41, 5.74) is 2.82. The van der Waals surface area contributed by atoms with E-state index in [1.165, 1.54) is 0 Å². The summed E-state index contributed by atoms with van der Waals surface area (Å²) in [6.07, 6.45) is 4.43. The second-order valence-corrected chi connectivity index (χ2v) is 5.36. The molecular weight excluding hydrogens is 240 g/mol. The minimum Gasteiger partial charge on any atom is -0.373 e. The molecule has 0 saturated carbocycles. The predicted molar refractivity (Wildman–Crippen MR) is 74.6 cm³/mol. The molecule has 0 aliphatic carbocycles. The molecule has 0 spiro atoms. The average molecular weight is 264 g/mol. The minimum atomic E-state index is 0.126. The van der Waals surface area contributed by atoms with E-state index in [-0.39, 0.29) is 11.9 Å². The van der Waals surface area contributed by atoms with Gasteiger partial charge in [0.1, 0.15) is 0 Å². The van der Waals surface area contributed by atoms with Crippen molar-refractivity contribution in [3.05, 3.63) is 17.0 Å². The average Bonchev–Trinajstić information content (AvgIpc) is 2.93. The third-order valence-electron chi connectivity index (χ3n) is 3.85. The molecule has 1 fully saturated rings. The maximum absolute atomic E-state index is 11.8. The maximum atomic E-state index is 11.8. The normalized spacial score (nSPS) is 22.9. The molecule has 0 aromatic carbocycles. The Kier molecular flexibility index (Phi) is 4.40. The zero-order valence-electron chi connectivity index (χ0n) is 12.4. The number of nitrogens with zero attached hydrogens (tertiary/aromatic N) is 2. The highest BCUT2D eigenvalue weighted by atomic mass is 16.5. The highest BCUT2D eigenvalue weighted by molar-refractivity contribution is 5.96. The molecule has 1 aromatic rings. The second kappa shape index (κ2) is 5.87. The lowest BCUT2D eigenvalue weighted by molar-refractivity contribution is 0.0431. The van der Waals surface area contributed by atoms with E-state index in [4.69, 9.17) is 4.74 Å². The van der Waals surface area contributed by atoms with Gasteiger partial charge in [0.25, 0.3) is 0 Å². The zero-order valence-corrected chi connectivity index (χ0v) is 12.4. The molecule has 1 aromatic heterocycles. The van der Waals surface area contributed by atoms with Crippen LogP contribution in [0.25, 0.3) is 0 Å². The number of ketones is 1. The van der Waals surface area contributed by atoms with Crippen molar-refractivity contribution >= 4 is 5.78 Å². The molecule has 2 atom stereocenters. The number of Topliss-reactive ketones (excluding diaryl/α,β-unsaturated/α-hetero) is 1. The van der Waals surface area contributed by atoms with E-state index in [2.05, 4.69) is 18.9 Å². The number of hydrogen-bond acceptors (Lipinski definition) is 3. The van der Waals surface area contributed by atoms with Gasteiger partial charge in [-0.15, -0.1) is 0 Å². The molecule has 1 aliphatic heterocycles. The van der Waals surface area contributed by atoms with Gasteiger partial charge in [-0.2, -0.15) is 5.10 Å². The smallest absolute Gasteiger partial charge is 0.163 e. The monoisotopic (exact) mass is 264 g/mol. The van der Waals surface area contributed by atoms with Crippen LogP contribution in [0.3, 0.4) is 0 Å². The lowest BCUT2D eigenvalue weighted by Gasteiger charge is -2.13. The Morgan fingerprint density at radius 2 is 2.11 bits per heavy atom. The van der Waals surface area contributed by atoms with Crippen LogP contribution in [-0.2, 0) is 24.1 Å². The van der Waals surface area contributed by atoms with Crippen LogP contribution in [-0.4, -0.2) is 27.8 Å². The fourth-order valence-corrected chi connectivity index (χ4v) is 2.93. The molecule has 0 N–H and O–H groups in total. The molecule has 4 nitrogen and oxygen atoms in total. The molecule has 19 heavy (non-hydrogen) atoms. The van der Waals surface area contributed by atoms with Crippen LogP contribution < -0.4 is 0 Å². The van der Waals surface area contributed by atoms with E-state index in [0.717, 1.165) is 49.2 Å². The van der Waals surface area contributed by atoms with E-state index in [1.54, 1.807) is 6.92 Å².